The minimum absolute atomic E-state index is 0.212. The van der Waals surface area contributed by atoms with Gasteiger partial charge in [0.2, 0.25) is 0 Å². The van der Waals surface area contributed by atoms with Crippen LogP contribution in [0.3, 0.4) is 0 Å². The molecule has 0 aliphatic carbocycles. The zero-order valence-corrected chi connectivity index (χ0v) is 13.4. The van der Waals surface area contributed by atoms with Gasteiger partial charge >= 0.3 is 5.97 Å². The maximum atomic E-state index is 11.4. The summed E-state index contributed by atoms with van der Waals surface area (Å²) in [6.07, 6.45) is 0. The number of carbonyl (C=O) groups excluding carboxylic acids is 1. The van der Waals surface area contributed by atoms with Gasteiger partial charge in [-0.1, -0.05) is 17.7 Å². The van der Waals surface area contributed by atoms with Gasteiger partial charge in [-0.05, 0) is 24.6 Å². The minimum atomic E-state index is -0.212. The van der Waals surface area contributed by atoms with E-state index < -0.39 is 0 Å². The van der Waals surface area contributed by atoms with E-state index in [2.05, 4.69) is 5.32 Å². The van der Waals surface area contributed by atoms with Gasteiger partial charge in [0.25, 0.3) is 0 Å². The topological polar surface area (TPSA) is 47.6 Å². The maximum absolute atomic E-state index is 11.4. The number of ether oxygens (including phenoxy) is 2. The number of thioether (sulfide) groups is 1. The van der Waals surface area contributed by atoms with Crippen molar-refractivity contribution >= 4 is 29.3 Å². The molecule has 1 N–H and O–H groups in total. The Morgan fingerprint density at radius 3 is 2.95 bits per heavy atom. The van der Waals surface area contributed by atoms with E-state index in [1.165, 1.54) is 11.8 Å². The number of halogens is 1. The number of methoxy groups -OCH3 is 1. The van der Waals surface area contributed by atoms with Crippen molar-refractivity contribution in [3.05, 3.63) is 28.8 Å². The average molecular weight is 318 g/mol. The Hall–Kier alpha value is -0.750. The highest BCUT2D eigenvalue weighted by Crippen LogP contribution is 2.26. The van der Waals surface area contributed by atoms with Crippen LogP contribution in [0, 0.1) is 0 Å². The van der Waals surface area contributed by atoms with Crippen LogP contribution in [0.15, 0.2) is 23.1 Å². The van der Waals surface area contributed by atoms with Gasteiger partial charge < -0.3 is 14.8 Å². The van der Waals surface area contributed by atoms with Crippen LogP contribution in [0.5, 0.6) is 0 Å². The molecule has 0 spiro atoms. The second-order valence-electron chi connectivity index (χ2n) is 4.02. The van der Waals surface area contributed by atoms with E-state index in [1.54, 1.807) is 14.0 Å². The lowest BCUT2D eigenvalue weighted by Gasteiger charge is -2.10. The normalized spacial score (nSPS) is 10.6. The molecule has 0 saturated heterocycles. The third-order valence-electron chi connectivity index (χ3n) is 2.48. The summed E-state index contributed by atoms with van der Waals surface area (Å²) in [7, 11) is 1.67. The lowest BCUT2D eigenvalue weighted by molar-refractivity contribution is -0.139. The average Bonchev–Trinajstić information content (AvgIpc) is 2.43. The molecule has 0 atom stereocenters. The number of esters is 1. The van der Waals surface area contributed by atoms with E-state index in [0.29, 0.717) is 30.5 Å². The zero-order chi connectivity index (χ0) is 14.8. The Labute approximate surface area is 129 Å². The Morgan fingerprint density at radius 1 is 1.45 bits per heavy atom. The maximum Gasteiger partial charge on any atom is 0.316 e. The number of hydrogen-bond acceptors (Lipinski definition) is 5. The second-order valence-corrected chi connectivity index (χ2v) is 5.47. The first-order valence-corrected chi connectivity index (χ1v) is 7.80. The van der Waals surface area contributed by atoms with Gasteiger partial charge in [0.05, 0.1) is 19.0 Å². The summed E-state index contributed by atoms with van der Waals surface area (Å²) in [5.41, 5.74) is 1.11. The number of benzene rings is 1. The molecule has 0 aromatic heterocycles. The molecule has 0 amide bonds. The Kier molecular flexibility index (Phi) is 8.69. The van der Waals surface area contributed by atoms with Crippen LogP contribution in [-0.2, 0) is 20.8 Å². The highest BCUT2D eigenvalue weighted by Gasteiger charge is 2.08. The molecule has 0 radical (unpaired) electrons. The third-order valence-corrected chi connectivity index (χ3v) is 3.78. The van der Waals surface area contributed by atoms with E-state index in [4.69, 9.17) is 21.1 Å². The van der Waals surface area contributed by atoms with Crippen LogP contribution in [0.4, 0.5) is 0 Å². The van der Waals surface area contributed by atoms with Crippen LogP contribution in [0.1, 0.15) is 12.5 Å². The highest BCUT2D eigenvalue weighted by molar-refractivity contribution is 8.00. The van der Waals surface area contributed by atoms with Gasteiger partial charge in [-0.25, -0.2) is 0 Å². The summed E-state index contributed by atoms with van der Waals surface area (Å²) in [5.74, 6) is 0.0787. The highest BCUT2D eigenvalue weighted by atomic mass is 35.5. The molecular weight excluding hydrogens is 298 g/mol. The Morgan fingerprint density at radius 2 is 2.25 bits per heavy atom. The monoisotopic (exact) mass is 317 g/mol. The number of carbonyl (C=O) groups is 1. The number of nitrogens with one attached hydrogen (secondary N) is 1. The first-order chi connectivity index (χ1) is 9.67. The van der Waals surface area contributed by atoms with E-state index in [9.17, 15) is 4.79 Å². The van der Waals surface area contributed by atoms with E-state index in [0.717, 1.165) is 17.0 Å². The van der Waals surface area contributed by atoms with Crippen molar-refractivity contribution in [3.63, 3.8) is 0 Å². The molecule has 1 rings (SSSR count). The largest absolute Gasteiger partial charge is 0.465 e. The lowest BCUT2D eigenvalue weighted by atomic mass is 10.2. The standard InChI is InChI=1S/C14H20ClNO3S/c1-3-19-14(17)10-20-13-8-12(15)5-4-11(13)9-16-6-7-18-2/h4-5,8,16H,3,6-7,9-10H2,1-2H3. The zero-order valence-electron chi connectivity index (χ0n) is 11.8. The van der Waals surface area contributed by atoms with Gasteiger partial charge in [-0.3, -0.25) is 4.79 Å². The third kappa shape index (κ3) is 6.61. The molecule has 4 nitrogen and oxygen atoms in total. The van der Waals surface area contributed by atoms with Crippen molar-refractivity contribution in [1.29, 1.82) is 0 Å². The SMILES string of the molecule is CCOC(=O)CSc1cc(Cl)ccc1CNCCOC. The van der Waals surface area contributed by atoms with E-state index in [-0.39, 0.29) is 5.97 Å². The smallest absolute Gasteiger partial charge is 0.316 e. The Bertz CT molecular complexity index is 429. The molecule has 0 saturated carbocycles. The van der Waals surface area contributed by atoms with Crippen molar-refractivity contribution in [2.45, 2.75) is 18.4 Å². The van der Waals surface area contributed by atoms with E-state index in [1.807, 2.05) is 18.2 Å². The first-order valence-electron chi connectivity index (χ1n) is 6.43. The van der Waals surface area contributed by atoms with Gasteiger partial charge in [0.15, 0.2) is 0 Å². The number of rotatable bonds is 9. The second kappa shape index (κ2) is 10.0. The van der Waals surface area contributed by atoms with E-state index >= 15 is 0 Å². The van der Waals surface area contributed by atoms with Gasteiger partial charge in [0, 0.05) is 30.1 Å². The quantitative estimate of drug-likeness (QED) is 0.431. The lowest BCUT2D eigenvalue weighted by Crippen LogP contribution is -2.19. The van der Waals surface area contributed by atoms with Crippen LogP contribution in [0.25, 0.3) is 0 Å². The van der Waals surface area contributed by atoms with Gasteiger partial charge in [-0.2, -0.15) is 0 Å². The molecule has 0 aliphatic heterocycles. The van der Waals surface area contributed by atoms with Crippen molar-refractivity contribution in [2.75, 3.05) is 32.6 Å². The van der Waals surface area contributed by atoms with Gasteiger partial charge in [-0.15, -0.1) is 11.8 Å². The van der Waals surface area contributed by atoms with Crippen molar-refractivity contribution < 1.29 is 14.3 Å². The summed E-state index contributed by atoms with van der Waals surface area (Å²) < 4.78 is 9.91. The van der Waals surface area contributed by atoms with Crippen molar-refractivity contribution in [1.82, 2.24) is 5.32 Å². The molecule has 0 bridgehead atoms. The molecule has 0 fully saturated rings. The summed E-state index contributed by atoms with van der Waals surface area (Å²) in [6.45, 7) is 4.36. The molecular formula is C14H20ClNO3S. The predicted molar refractivity (Wildman–Crippen MR) is 82.4 cm³/mol. The summed E-state index contributed by atoms with van der Waals surface area (Å²) >= 11 is 7.45. The molecule has 0 heterocycles. The molecule has 0 unspecified atom stereocenters. The van der Waals surface area contributed by atoms with Crippen molar-refractivity contribution in [2.24, 2.45) is 0 Å². The van der Waals surface area contributed by atoms with Crippen LogP contribution in [-0.4, -0.2) is 38.6 Å². The fraction of sp³-hybridized carbons (Fsp3) is 0.500. The van der Waals surface area contributed by atoms with Crippen LogP contribution < -0.4 is 5.32 Å². The van der Waals surface area contributed by atoms with Crippen molar-refractivity contribution in [3.8, 4) is 0 Å². The first kappa shape index (κ1) is 17.3. The molecule has 20 heavy (non-hydrogen) atoms. The summed E-state index contributed by atoms with van der Waals surface area (Å²) in [5, 5.41) is 3.94. The molecule has 6 heteroatoms. The number of hydrogen-bond donors (Lipinski definition) is 1. The van der Waals surface area contributed by atoms with Gasteiger partial charge in [0.1, 0.15) is 0 Å². The Balaban J connectivity index is 2.57. The van der Waals surface area contributed by atoms with Crippen LogP contribution in [0.2, 0.25) is 5.02 Å². The predicted octanol–water partition coefficient (Wildman–Crippen LogP) is 2.73. The molecule has 112 valence electrons. The molecule has 1 aromatic carbocycles. The summed E-state index contributed by atoms with van der Waals surface area (Å²) in [4.78, 5) is 12.4. The molecule has 1 aromatic rings. The summed E-state index contributed by atoms with van der Waals surface area (Å²) in [6, 6.07) is 5.69. The molecule has 0 aliphatic rings. The minimum Gasteiger partial charge on any atom is -0.465 e. The fourth-order valence-electron chi connectivity index (χ4n) is 1.55. The fourth-order valence-corrected chi connectivity index (χ4v) is 2.67. The van der Waals surface area contributed by atoms with Crippen LogP contribution >= 0.6 is 23.4 Å².